The van der Waals surface area contributed by atoms with Crippen molar-refractivity contribution in [2.75, 3.05) is 13.1 Å². The van der Waals surface area contributed by atoms with Gasteiger partial charge in [-0.25, -0.2) is 0 Å². The number of carbonyl (C=O) groups excluding carboxylic acids is 2. The minimum atomic E-state index is -0.177. The van der Waals surface area contributed by atoms with Crippen LogP contribution in [0.4, 0.5) is 0 Å². The molecule has 1 atom stereocenters. The van der Waals surface area contributed by atoms with Crippen LogP contribution in [0, 0.1) is 5.92 Å². The van der Waals surface area contributed by atoms with Crippen molar-refractivity contribution in [3.63, 3.8) is 0 Å². The van der Waals surface area contributed by atoms with E-state index in [0.29, 0.717) is 19.5 Å². The van der Waals surface area contributed by atoms with Crippen molar-refractivity contribution in [2.24, 2.45) is 5.92 Å². The number of likely N-dealkylation sites (tertiary alicyclic amines) is 1. The van der Waals surface area contributed by atoms with Gasteiger partial charge < -0.3 is 10.2 Å². The Labute approximate surface area is 132 Å². The number of amides is 2. The summed E-state index contributed by atoms with van der Waals surface area (Å²) in [6, 6.07) is 10.6. The van der Waals surface area contributed by atoms with Crippen LogP contribution in [-0.4, -0.2) is 35.8 Å². The molecule has 1 aromatic carbocycles. The molecule has 1 fully saturated rings. The van der Waals surface area contributed by atoms with Crippen molar-refractivity contribution in [3.8, 4) is 0 Å². The summed E-state index contributed by atoms with van der Waals surface area (Å²) in [7, 11) is 0. The first-order valence-corrected chi connectivity index (χ1v) is 8.19. The van der Waals surface area contributed by atoms with Crippen molar-refractivity contribution in [1.82, 2.24) is 10.2 Å². The van der Waals surface area contributed by atoms with Crippen LogP contribution in [0.5, 0.6) is 0 Å². The molecular weight excluding hydrogens is 276 g/mol. The van der Waals surface area contributed by atoms with Crippen LogP contribution in [0.3, 0.4) is 0 Å². The van der Waals surface area contributed by atoms with Gasteiger partial charge in [-0.15, -0.1) is 0 Å². The van der Waals surface area contributed by atoms with Gasteiger partial charge in [0.1, 0.15) is 0 Å². The molecule has 1 saturated heterocycles. The van der Waals surface area contributed by atoms with Crippen LogP contribution in [0.1, 0.15) is 38.7 Å². The van der Waals surface area contributed by atoms with Crippen molar-refractivity contribution in [3.05, 3.63) is 35.9 Å². The molecule has 1 N–H and O–H groups in total. The van der Waals surface area contributed by atoms with Crippen LogP contribution < -0.4 is 5.32 Å². The Bertz CT molecular complexity index is 499. The van der Waals surface area contributed by atoms with Crippen LogP contribution in [0.2, 0.25) is 0 Å². The average molecular weight is 302 g/mol. The monoisotopic (exact) mass is 302 g/mol. The van der Waals surface area contributed by atoms with Gasteiger partial charge in [0.25, 0.3) is 0 Å². The van der Waals surface area contributed by atoms with Gasteiger partial charge in [-0.05, 0) is 38.7 Å². The summed E-state index contributed by atoms with van der Waals surface area (Å²) in [6.07, 6.45) is 3.43. The summed E-state index contributed by atoms with van der Waals surface area (Å²) >= 11 is 0. The van der Waals surface area contributed by atoms with Crippen molar-refractivity contribution in [1.29, 1.82) is 0 Å². The number of carbonyl (C=O) groups is 2. The van der Waals surface area contributed by atoms with Crippen molar-refractivity contribution < 1.29 is 9.59 Å². The second kappa shape index (κ2) is 7.97. The first-order valence-electron chi connectivity index (χ1n) is 8.19. The molecule has 1 unspecified atom stereocenters. The topological polar surface area (TPSA) is 49.4 Å². The summed E-state index contributed by atoms with van der Waals surface area (Å²) in [5, 5.41) is 2.97. The number of nitrogens with one attached hydrogen (secondary N) is 1. The van der Waals surface area contributed by atoms with E-state index in [9.17, 15) is 9.59 Å². The predicted molar refractivity (Wildman–Crippen MR) is 87.3 cm³/mol. The van der Waals surface area contributed by atoms with Crippen molar-refractivity contribution >= 4 is 11.8 Å². The highest BCUT2D eigenvalue weighted by Gasteiger charge is 2.35. The quantitative estimate of drug-likeness (QED) is 0.786. The zero-order chi connectivity index (χ0) is 15.9. The lowest BCUT2D eigenvalue weighted by Crippen LogP contribution is -2.35. The number of unbranched alkanes of at least 4 members (excludes halogenated alkanes) is 1. The zero-order valence-electron chi connectivity index (χ0n) is 13.5. The van der Waals surface area contributed by atoms with E-state index in [1.165, 1.54) is 5.56 Å². The second-order valence-electron chi connectivity index (χ2n) is 6.27. The Morgan fingerprint density at radius 2 is 2.00 bits per heavy atom. The van der Waals surface area contributed by atoms with E-state index < -0.39 is 0 Å². The van der Waals surface area contributed by atoms with E-state index in [0.717, 1.165) is 19.3 Å². The number of aryl methyl sites for hydroxylation is 1. The Morgan fingerprint density at radius 1 is 1.27 bits per heavy atom. The molecule has 0 saturated carbocycles. The highest BCUT2D eigenvalue weighted by Crippen LogP contribution is 2.20. The molecule has 1 aromatic rings. The first kappa shape index (κ1) is 16.5. The molecule has 1 aliphatic rings. The number of nitrogens with zero attached hydrogens (tertiary/aromatic N) is 1. The lowest BCUT2D eigenvalue weighted by atomic mass is 10.1. The van der Waals surface area contributed by atoms with Gasteiger partial charge in [-0.2, -0.15) is 0 Å². The molecule has 1 heterocycles. The van der Waals surface area contributed by atoms with Crippen LogP contribution in [-0.2, 0) is 16.0 Å². The molecule has 2 rings (SSSR count). The van der Waals surface area contributed by atoms with E-state index in [4.69, 9.17) is 0 Å². The molecule has 2 amide bonds. The van der Waals surface area contributed by atoms with E-state index in [1.807, 2.05) is 19.9 Å². The fourth-order valence-corrected chi connectivity index (χ4v) is 2.86. The molecule has 0 bridgehead atoms. The molecule has 0 radical (unpaired) electrons. The van der Waals surface area contributed by atoms with E-state index in [2.05, 4.69) is 29.6 Å². The number of benzene rings is 1. The number of hydrogen-bond acceptors (Lipinski definition) is 2. The maximum atomic E-state index is 12.1. The summed E-state index contributed by atoms with van der Waals surface area (Å²) in [6.45, 7) is 5.23. The Balaban J connectivity index is 1.63. The molecule has 0 aromatic heterocycles. The first-order chi connectivity index (χ1) is 10.6. The largest absolute Gasteiger partial charge is 0.356 e. The molecule has 0 spiro atoms. The van der Waals surface area contributed by atoms with Gasteiger partial charge in [0, 0.05) is 25.6 Å². The van der Waals surface area contributed by atoms with Gasteiger partial charge in [-0.3, -0.25) is 9.59 Å². The molecule has 0 aliphatic carbocycles. The minimum absolute atomic E-state index is 0.0243. The van der Waals surface area contributed by atoms with E-state index in [1.54, 1.807) is 4.90 Å². The Kier molecular flexibility index (Phi) is 5.99. The zero-order valence-corrected chi connectivity index (χ0v) is 13.5. The lowest BCUT2D eigenvalue weighted by molar-refractivity contribution is -0.129. The van der Waals surface area contributed by atoms with Gasteiger partial charge in [-0.1, -0.05) is 30.3 Å². The van der Waals surface area contributed by atoms with E-state index in [-0.39, 0.29) is 23.8 Å². The van der Waals surface area contributed by atoms with Gasteiger partial charge >= 0.3 is 0 Å². The molecule has 1 aliphatic heterocycles. The lowest BCUT2D eigenvalue weighted by Gasteiger charge is -2.20. The third kappa shape index (κ3) is 4.58. The van der Waals surface area contributed by atoms with Gasteiger partial charge in [0.2, 0.25) is 11.8 Å². The van der Waals surface area contributed by atoms with E-state index >= 15 is 0 Å². The van der Waals surface area contributed by atoms with Gasteiger partial charge in [0.15, 0.2) is 0 Å². The second-order valence-corrected chi connectivity index (χ2v) is 6.27. The summed E-state index contributed by atoms with van der Waals surface area (Å²) in [4.78, 5) is 25.7. The molecular formula is C18H26N2O2. The summed E-state index contributed by atoms with van der Waals surface area (Å²) in [5.74, 6) is -0.0561. The van der Waals surface area contributed by atoms with Crippen LogP contribution in [0.25, 0.3) is 0 Å². The van der Waals surface area contributed by atoms with Crippen molar-refractivity contribution in [2.45, 2.75) is 45.6 Å². The fraction of sp³-hybridized carbons (Fsp3) is 0.556. The summed E-state index contributed by atoms with van der Waals surface area (Å²) in [5.41, 5.74) is 1.34. The Morgan fingerprint density at radius 3 is 2.64 bits per heavy atom. The maximum Gasteiger partial charge on any atom is 0.225 e. The molecule has 120 valence electrons. The molecule has 4 heteroatoms. The van der Waals surface area contributed by atoms with Crippen LogP contribution in [0.15, 0.2) is 30.3 Å². The highest BCUT2D eigenvalue weighted by atomic mass is 16.2. The summed E-state index contributed by atoms with van der Waals surface area (Å²) < 4.78 is 0. The Hall–Kier alpha value is -1.84. The number of rotatable bonds is 7. The SMILES string of the molecule is CC(C)N1CC(C(=O)NCCCCc2ccccc2)CC1=O. The van der Waals surface area contributed by atoms with Gasteiger partial charge in [0.05, 0.1) is 5.92 Å². The number of hydrogen-bond donors (Lipinski definition) is 1. The molecule has 22 heavy (non-hydrogen) atoms. The van der Waals surface area contributed by atoms with Crippen LogP contribution >= 0.6 is 0 Å². The minimum Gasteiger partial charge on any atom is -0.356 e. The fourth-order valence-electron chi connectivity index (χ4n) is 2.86. The average Bonchev–Trinajstić information content (AvgIpc) is 2.90. The highest BCUT2D eigenvalue weighted by molar-refractivity contribution is 5.89. The third-order valence-corrected chi connectivity index (χ3v) is 4.19. The normalized spacial score (nSPS) is 18.0. The standard InChI is InChI=1S/C18H26N2O2/c1-14(2)20-13-16(12-17(20)21)18(22)19-11-7-6-10-15-8-4-3-5-9-15/h3-5,8-9,14,16H,6-7,10-13H2,1-2H3,(H,19,22). The molecule has 4 nitrogen and oxygen atoms in total. The third-order valence-electron chi connectivity index (χ3n) is 4.19. The predicted octanol–water partition coefficient (Wildman–Crippen LogP) is 2.38. The smallest absolute Gasteiger partial charge is 0.225 e. The maximum absolute atomic E-state index is 12.1.